The summed E-state index contributed by atoms with van der Waals surface area (Å²) in [4.78, 5) is 0. The Labute approximate surface area is 106 Å². The molecule has 0 amide bonds. The van der Waals surface area contributed by atoms with Crippen LogP contribution in [0.4, 0.5) is 22.0 Å². The van der Waals surface area contributed by atoms with Crippen molar-refractivity contribution in [2.24, 2.45) is 0 Å². The predicted octanol–water partition coefficient (Wildman–Crippen LogP) is 4.96. The average Bonchev–Trinajstić information content (AvgIpc) is 2.33. The lowest BCUT2D eigenvalue weighted by atomic mass is 9.95. The van der Waals surface area contributed by atoms with Crippen molar-refractivity contribution < 1.29 is 22.0 Å². The number of hydrogen-bond donors (Lipinski definition) is 0. The summed E-state index contributed by atoms with van der Waals surface area (Å²) < 4.78 is 64.9. The first kappa shape index (κ1) is 13.5. The molecule has 0 atom stereocenters. The molecule has 0 fully saturated rings. The lowest BCUT2D eigenvalue weighted by molar-refractivity contribution is -0.137. The van der Waals surface area contributed by atoms with Gasteiger partial charge in [0.1, 0.15) is 0 Å². The van der Waals surface area contributed by atoms with E-state index in [0.717, 1.165) is 18.2 Å². The molecule has 0 radical (unpaired) electrons. The molecule has 19 heavy (non-hydrogen) atoms. The average molecular weight is 272 g/mol. The molecule has 0 aliphatic carbocycles. The van der Waals surface area contributed by atoms with Crippen molar-refractivity contribution in [3.05, 3.63) is 59.2 Å². The summed E-state index contributed by atoms with van der Waals surface area (Å²) in [6, 6.07) is 6.50. The van der Waals surface area contributed by atoms with Gasteiger partial charge in [-0.3, -0.25) is 0 Å². The third-order valence-corrected chi connectivity index (χ3v) is 2.79. The van der Waals surface area contributed by atoms with E-state index in [1.165, 1.54) is 25.1 Å². The molecule has 5 heteroatoms. The Bertz CT molecular complexity index is 614. The molecular weight excluding hydrogens is 263 g/mol. The Kier molecular flexibility index (Phi) is 3.30. The van der Waals surface area contributed by atoms with Gasteiger partial charge in [0, 0.05) is 0 Å². The summed E-state index contributed by atoms with van der Waals surface area (Å²) in [7, 11) is 0. The first-order valence-corrected chi connectivity index (χ1v) is 5.43. The Morgan fingerprint density at radius 3 is 2.05 bits per heavy atom. The van der Waals surface area contributed by atoms with E-state index in [0.29, 0.717) is 0 Å². The van der Waals surface area contributed by atoms with E-state index >= 15 is 0 Å². The van der Waals surface area contributed by atoms with E-state index in [1.807, 2.05) is 0 Å². The van der Waals surface area contributed by atoms with Crippen molar-refractivity contribution in [3.8, 4) is 11.1 Å². The van der Waals surface area contributed by atoms with E-state index in [9.17, 15) is 22.0 Å². The Hall–Kier alpha value is -1.91. The molecule has 0 nitrogen and oxygen atoms in total. The molecule has 0 spiro atoms. The minimum Gasteiger partial charge on any atom is -0.204 e. The topological polar surface area (TPSA) is 0 Å². The normalized spacial score (nSPS) is 11.7. The van der Waals surface area contributed by atoms with Gasteiger partial charge >= 0.3 is 6.18 Å². The van der Waals surface area contributed by atoms with Crippen LogP contribution in [-0.2, 0) is 6.18 Å². The molecular formula is C14H9F5. The van der Waals surface area contributed by atoms with E-state index in [1.54, 1.807) is 0 Å². The van der Waals surface area contributed by atoms with Gasteiger partial charge in [0.15, 0.2) is 11.6 Å². The molecule has 0 unspecified atom stereocenters. The third kappa shape index (κ3) is 2.59. The summed E-state index contributed by atoms with van der Waals surface area (Å²) in [6.45, 7) is 1.44. The summed E-state index contributed by atoms with van der Waals surface area (Å²) in [6.07, 6.45) is -4.55. The van der Waals surface area contributed by atoms with Crippen LogP contribution in [0.1, 0.15) is 11.1 Å². The molecule has 100 valence electrons. The van der Waals surface area contributed by atoms with Crippen molar-refractivity contribution in [2.75, 3.05) is 0 Å². The minimum atomic E-state index is -4.55. The molecule has 0 aromatic heterocycles. The molecule has 0 bridgehead atoms. The van der Waals surface area contributed by atoms with Crippen LogP contribution >= 0.6 is 0 Å². The first-order chi connectivity index (χ1) is 8.80. The van der Waals surface area contributed by atoms with Crippen molar-refractivity contribution in [2.45, 2.75) is 13.1 Å². The van der Waals surface area contributed by atoms with Crippen LogP contribution in [0.3, 0.4) is 0 Å². The highest BCUT2D eigenvalue weighted by Crippen LogP contribution is 2.38. The fourth-order valence-electron chi connectivity index (χ4n) is 1.90. The smallest absolute Gasteiger partial charge is 0.204 e. The molecule has 0 saturated carbocycles. The van der Waals surface area contributed by atoms with Gasteiger partial charge in [-0.25, -0.2) is 8.78 Å². The van der Waals surface area contributed by atoms with Crippen molar-refractivity contribution in [1.29, 1.82) is 0 Å². The second-order valence-electron chi connectivity index (χ2n) is 4.12. The minimum absolute atomic E-state index is 0.0341. The lowest BCUT2D eigenvalue weighted by Gasteiger charge is -2.14. The quantitative estimate of drug-likeness (QED) is 0.644. The number of alkyl halides is 3. The Balaban J connectivity index is 2.70. The highest BCUT2D eigenvalue weighted by Gasteiger charge is 2.33. The van der Waals surface area contributed by atoms with Gasteiger partial charge < -0.3 is 0 Å². The van der Waals surface area contributed by atoms with E-state index in [-0.39, 0.29) is 16.7 Å². The standard InChI is InChI=1S/C14H9F5/c1-8-6-12(15)13(16)7-10(8)9-4-2-3-5-11(9)14(17,18)19/h2-7H,1H3. The molecule has 0 aliphatic rings. The molecule has 0 saturated heterocycles. The summed E-state index contributed by atoms with van der Waals surface area (Å²) >= 11 is 0. The van der Waals surface area contributed by atoms with Crippen LogP contribution in [-0.4, -0.2) is 0 Å². The summed E-state index contributed by atoms with van der Waals surface area (Å²) in [5.41, 5.74) is -0.752. The largest absolute Gasteiger partial charge is 0.417 e. The second-order valence-corrected chi connectivity index (χ2v) is 4.12. The molecule has 2 rings (SSSR count). The van der Waals surface area contributed by atoms with Crippen LogP contribution in [0.2, 0.25) is 0 Å². The first-order valence-electron chi connectivity index (χ1n) is 5.43. The number of aryl methyl sites for hydroxylation is 1. The van der Waals surface area contributed by atoms with Gasteiger partial charge in [0.25, 0.3) is 0 Å². The van der Waals surface area contributed by atoms with Crippen molar-refractivity contribution >= 4 is 0 Å². The van der Waals surface area contributed by atoms with E-state index in [4.69, 9.17) is 0 Å². The van der Waals surface area contributed by atoms with Gasteiger partial charge in [-0.05, 0) is 41.8 Å². The zero-order valence-electron chi connectivity index (χ0n) is 9.85. The van der Waals surface area contributed by atoms with Gasteiger partial charge in [-0.2, -0.15) is 13.2 Å². The number of rotatable bonds is 1. The monoisotopic (exact) mass is 272 g/mol. The van der Waals surface area contributed by atoms with Gasteiger partial charge in [-0.1, -0.05) is 18.2 Å². The molecule has 0 N–H and O–H groups in total. The highest BCUT2D eigenvalue weighted by molar-refractivity contribution is 5.71. The van der Waals surface area contributed by atoms with Crippen molar-refractivity contribution in [3.63, 3.8) is 0 Å². The number of halogens is 5. The predicted molar refractivity (Wildman–Crippen MR) is 61.5 cm³/mol. The molecule has 0 heterocycles. The highest BCUT2D eigenvalue weighted by atomic mass is 19.4. The summed E-state index contributed by atoms with van der Waals surface area (Å²) in [5, 5.41) is 0. The van der Waals surface area contributed by atoms with Crippen molar-refractivity contribution in [1.82, 2.24) is 0 Å². The maximum Gasteiger partial charge on any atom is 0.417 e. The fourth-order valence-corrected chi connectivity index (χ4v) is 1.90. The van der Waals surface area contributed by atoms with Crippen LogP contribution in [0, 0.1) is 18.6 Å². The lowest BCUT2D eigenvalue weighted by Crippen LogP contribution is -2.07. The SMILES string of the molecule is Cc1cc(F)c(F)cc1-c1ccccc1C(F)(F)F. The van der Waals surface area contributed by atoms with Gasteiger partial charge in [0.2, 0.25) is 0 Å². The van der Waals surface area contributed by atoms with Gasteiger partial charge in [0.05, 0.1) is 5.56 Å². The zero-order valence-corrected chi connectivity index (χ0v) is 9.85. The Morgan fingerprint density at radius 2 is 1.42 bits per heavy atom. The van der Waals surface area contributed by atoms with Crippen LogP contribution in [0.25, 0.3) is 11.1 Å². The maximum atomic E-state index is 13.2. The third-order valence-electron chi connectivity index (χ3n) is 2.79. The second kappa shape index (κ2) is 4.64. The van der Waals surface area contributed by atoms with Crippen LogP contribution < -0.4 is 0 Å². The fraction of sp³-hybridized carbons (Fsp3) is 0.143. The van der Waals surface area contributed by atoms with Crippen LogP contribution in [0.5, 0.6) is 0 Å². The Morgan fingerprint density at radius 1 is 0.842 bits per heavy atom. The molecule has 2 aromatic carbocycles. The maximum absolute atomic E-state index is 13.2. The zero-order chi connectivity index (χ0) is 14.2. The number of hydrogen-bond acceptors (Lipinski definition) is 0. The van der Waals surface area contributed by atoms with Gasteiger partial charge in [-0.15, -0.1) is 0 Å². The van der Waals surface area contributed by atoms with E-state index < -0.39 is 23.4 Å². The molecule has 2 aromatic rings. The van der Waals surface area contributed by atoms with E-state index in [2.05, 4.69) is 0 Å². The molecule has 0 aliphatic heterocycles. The van der Waals surface area contributed by atoms with Crippen LogP contribution in [0.15, 0.2) is 36.4 Å². The summed E-state index contributed by atoms with van der Waals surface area (Å²) in [5.74, 6) is -2.25. The number of benzene rings is 2.